The van der Waals surface area contributed by atoms with Crippen LogP contribution in [0.2, 0.25) is 0 Å². The van der Waals surface area contributed by atoms with Gasteiger partial charge in [-0.15, -0.1) is 0 Å². The van der Waals surface area contributed by atoms with Crippen LogP contribution in [0.15, 0.2) is 10.6 Å². The second-order valence-electron chi connectivity index (χ2n) is 6.91. The molecular formula is C17H26N4O4. The van der Waals surface area contributed by atoms with Gasteiger partial charge in [0.1, 0.15) is 6.54 Å². The minimum Gasteiger partial charge on any atom is -0.480 e. The largest absolute Gasteiger partial charge is 0.480 e. The zero-order valence-corrected chi connectivity index (χ0v) is 14.7. The lowest BCUT2D eigenvalue weighted by Crippen LogP contribution is -2.55. The van der Waals surface area contributed by atoms with Gasteiger partial charge in [0.2, 0.25) is 5.91 Å². The third-order valence-electron chi connectivity index (χ3n) is 4.98. The summed E-state index contributed by atoms with van der Waals surface area (Å²) in [5.74, 6) is -0.107. The van der Waals surface area contributed by atoms with Gasteiger partial charge in [0.25, 0.3) is 0 Å². The Hall–Kier alpha value is -1.93. The van der Waals surface area contributed by atoms with Crippen molar-refractivity contribution < 1.29 is 19.2 Å². The molecule has 3 heterocycles. The number of amides is 1. The molecule has 0 aliphatic carbocycles. The molecule has 0 aromatic carbocycles. The van der Waals surface area contributed by atoms with Crippen LogP contribution >= 0.6 is 0 Å². The molecule has 2 saturated heterocycles. The molecule has 1 N–H and O–H groups in total. The summed E-state index contributed by atoms with van der Waals surface area (Å²) >= 11 is 0. The Morgan fingerprint density at radius 1 is 1.28 bits per heavy atom. The number of aryl methyl sites for hydroxylation is 1. The standard InChI is InChI=1S/C17H26N4O4/c1-13-10-14(25-18-13)11-19-6-8-20(9-7-19)15-4-2-3-5-21(17(15)24)12-16(22)23/h10,15H,2-9,11-12H2,1H3,(H,22,23). The second kappa shape index (κ2) is 7.97. The molecule has 2 aliphatic heterocycles. The highest BCUT2D eigenvalue weighted by molar-refractivity contribution is 5.85. The molecule has 2 fully saturated rings. The molecule has 0 radical (unpaired) electrons. The number of carboxylic acids is 1. The molecule has 0 spiro atoms. The van der Waals surface area contributed by atoms with Crippen LogP contribution in [0.5, 0.6) is 0 Å². The van der Waals surface area contributed by atoms with E-state index in [2.05, 4.69) is 15.0 Å². The Morgan fingerprint density at radius 3 is 2.68 bits per heavy atom. The minimum atomic E-state index is -0.943. The van der Waals surface area contributed by atoms with Crippen molar-refractivity contribution in [1.29, 1.82) is 0 Å². The normalized spacial score (nSPS) is 23.6. The molecule has 8 heteroatoms. The number of likely N-dealkylation sites (tertiary alicyclic amines) is 1. The number of carbonyl (C=O) groups excluding carboxylic acids is 1. The highest BCUT2D eigenvalue weighted by Crippen LogP contribution is 2.19. The minimum absolute atomic E-state index is 0.0285. The van der Waals surface area contributed by atoms with Crippen LogP contribution in [0.3, 0.4) is 0 Å². The van der Waals surface area contributed by atoms with E-state index >= 15 is 0 Å². The molecule has 3 rings (SSSR count). The average molecular weight is 350 g/mol. The molecule has 0 saturated carbocycles. The van der Waals surface area contributed by atoms with Crippen molar-refractivity contribution in [3.63, 3.8) is 0 Å². The van der Waals surface area contributed by atoms with Crippen LogP contribution in [0.1, 0.15) is 30.7 Å². The van der Waals surface area contributed by atoms with E-state index in [4.69, 9.17) is 9.63 Å². The first-order valence-corrected chi connectivity index (χ1v) is 8.92. The lowest BCUT2D eigenvalue weighted by atomic mass is 10.1. The fourth-order valence-electron chi connectivity index (χ4n) is 3.69. The van der Waals surface area contributed by atoms with E-state index in [1.165, 1.54) is 4.90 Å². The highest BCUT2D eigenvalue weighted by Gasteiger charge is 2.34. The van der Waals surface area contributed by atoms with Gasteiger partial charge in [0, 0.05) is 38.8 Å². The van der Waals surface area contributed by atoms with Gasteiger partial charge in [-0.05, 0) is 26.2 Å². The molecule has 138 valence electrons. The Labute approximate surface area is 147 Å². The van der Waals surface area contributed by atoms with E-state index in [0.29, 0.717) is 6.54 Å². The van der Waals surface area contributed by atoms with Gasteiger partial charge in [0.15, 0.2) is 5.76 Å². The van der Waals surface area contributed by atoms with Crippen LogP contribution in [-0.4, -0.2) is 82.1 Å². The summed E-state index contributed by atoms with van der Waals surface area (Å²) in [6.07, 6.45) is 2.65. The zero-order chi connectivity index (χ0) is 17.8. The van der Waals surface area contributed by atoms with E-state index < -0.39 is 5.97 Å². The van der Waals surface area contributed by atoms with Gasteiger partial charge in [-0.25, -0.2) is 0 Å². The molecule has 25 heavy (non-hydrogen) atoms. The number of aromatic nitrogens is 1. The smallest absolute Gasteiger partial charge is 0.323 e. The van der Waals surface area contributed by atoms with Crippen molar-refractivity contribution >= 4 is 11.9 Å². The molecular weight excluding hydrogens is 324 g/mol. The van der Waals surface area contributed by atoms with Gasteiger partial charge in [-0.3, -0.25) is 19.4 Å². The first kappa shape index (κ1) is 17.9. The first-order valence-electron chi connectivity index (χ1n) is 8.92. The van der Waals surface area contributed by atoms with Crippen molar-refractivity contribution in [3.8, 4) is 0 Å². The Balaban J connectivity index is 1.55. The van der Waals surface area contributed by atoms with E-state index in [1.807, 2.05) is 13.0 Å². The zero-order valence-electron chi connectivity index (χ0n) is 14.7. The number of aliphatic carboxylic acids is 1. The van der Waals surface area contributed by atoms with Gasteiger partial charge in [0.05, 0.1) is 18.3 Å². The molecule has 1 aromatic rings. The fraction of sp³-hybridized carbons (Fsp3) is 0.706. The topological polar surface area (TPSA) is 90.1 Å². The van der Waals surface area contributed by atoms with Crippen LogP contribution in [-0.2, 0) is 16.1 Å². The molecule has 8 nitrogen and oxygen atoms in total. The Morgan fingerprint density at radius 2 is 2.04 bits per heavy atom. The summed E-state index contributed by atoms with van der Waals surface area (Å²) in [5.41, 5.74) is 0.885. The summed E-state index contributed by atoms with van der Waals surface area (Å²) in [6.45, 7) is 6.34. The van der Waals surface area contributed by atoms with Gasteiger partial charge in [-0.1, -0.05) is 5.16 Å². The lowest BCUT2D eigenvalue weighted by molar-refractivity contribution is -0.146. The van der Waals surface area contributed by atoms with E-state index in [1.54, 1.807) is 0 Å². The number of hydrogen-bond donors (Lipinski definition) is 1. The third-order valence-corrected chi connectivity index (χ3v) is 4.98. The quantitative estimate of drug-likeness (QED) is 0.830. The Bertz CT molecular complexity index is 610. The van der Waals surface area contributed by atoms with E-state index in [9.17, 15) is 9.59 Å². The SMILES string of the molecule is Cc1cc(CN2CCN(C3CCCCN(CC(=O)O)C3=O)CC2)on1. The van der Waals surface area contributed by atoms with Crippen molar-refractivity contribution in [2.75, 3.05) is 39.3 Å². The Kier molecular flexibility index (Phi) is 5.70. The monoisotopic (exact) mass is 350 g/mol. The van der Waals surface area contributed by atoms with E-state index in [-0.39, 0.29) is 18.5 Å². The first-order chi connectivity index (χ1) is 12.0. The van der Waals surface area contributed by atoms with Crippen molar-refractivity contribution in [2.24, 2.45) is 0 Å². The van der Waals surface area contributed by atoms with Gasteiger partial charge >= 0.3 is 5.97 Å². The molecule has 1 unspecified atom stereocenters. The summed E-state index contributed by atoms with van der Waals surface area (Å²) in [5, 5.41) is 12.9. The predicted molar refractivity (Wildman–Crippen MR) is 89.9 cm³/mol. The molecule has 2 aliphatic rings. The molecule has 1 aromatic heterocycles. The average Bonchev–Trinajstić information content (AvgIpc) is 2.90. The lowest BCUT2D eigenvalue weighted by Gasteiger charge is -2.39. The number of nitrogens with zero attached hydrogens (tertiary/aromatic N) is 4. The summed E-state index contributed by atoms with van der Waals surface area (Å²) in [4.78, 5) is 29.8. The number of rotatable bonds is 5. The number of carboxylic acid groups (broad SMARTS) is 1. The van der Waals surface area contributed by atoms with Crippen molar-refractivity contribution in [3.05, 3.63) is 17.5 Å². The van der Waals surface area contributed by atoms with Crippen LogP contribution in [0, 0.1) is 6.92 Å². The maximum atomic E-state index is 12.7. The van der Waals surface area contributed by atoms with Crippen molar-refractivity contribution in [2.45, 2.75) is 38.8 Å². The second-order valence-corrected chi connectivity index (χ2v) is 6.91. The molecule has 1 atom stereocenters. The van der Waals surface area contributed by atoms with Crippen LogP contribution < -0.4 is 0 Å². The predicted octanol–water partition coefficient (Wildman–Crippen LogP) is 0.566. The highest BCUT2D eigenvalue weighted by atomic mass is 16.5. The number of hydrogen-bond acceptors (Lipinski definition) is 6. The number of piperazine rings is 1. The maximum absolute atomic E-state index is 12.7. The van der Waals surface area contributed by atoms with Gasteiger partial charge in [-0.2, -0.15) is 0 Å². The number of carbonyl (C=O) groups is 2. The summed E-state index contributed by atoms with van der Waals surface area (Å²) in [6, 6.07) is 1.77. The van der Waals surface area contributed by atoms with Crippen molar-refractivity contribution in [1.82, 2.24) is 19.9 Å². The molecule has 1 amide bonds. The van der Waals surface area contributed by atoms with Crippen LogP contribution in [0.4, 0.5) is 0 Å². The van der Waals surface area contributed by atoms with Crippen LogP contribution in [0.25, 0.3) is 0 Å². The fourth-order valence-corrected chi connectivity index (χ4v) is 3.69. The van der Waals surface area contributed by atoms with Gasteiger partial charge < -0.3 is 14.5 Å². The third kappa shape index (κ3) is 4.58. The summed E-state index contributed by atoms with van der Waals surface area (Å²) < 4.78 is 5.27. The molecule has 0 bridgehead atoms. The summed E-state index contributed by atoms with van der Waals surface area (Å²) in [7, 11) is 0. The maximum Gasteiger partial charge on any atom is 0.323 e. The van der Waals surface area contributed by atoms with E-state index in [0.717, 1.165) is 63.4 Å².